The molecule has 0 fully saturated rings. The molecular weight excluding hydrogens is 338 g/mol. The molecule has 5 rings (SSSR count). The fourth-order valence-electron chi connectivity index (χ4n) is 3.86. The van der Waals surface area contributed by atoms with Gasteiger partial charge in [0.2, 0.25) is 0 Å². The van der Waals surface area contributed by atoms with Crippen LogP contribution in [0.4, 0.5) is 0 Å². The van der Waals surface area contributed by atoms with E-state index in [4.69, 9.17) is 9.15 Å². The second kappa shape index (κ2) is 6.25. The molecule has 0 unspecified atom stereocenters. The summed E-state index contributed by atoms with van der Waals surface area (Å²) in [6.45, 7) is 3.34. The highest BCUT2D eigenvalue weighted by Gasteiger charge is 2.26. The van der Waals surface area contributed by atoms with E-state index in [2.05, 4.69) is 24.0 Å². The number of hydrogen-bond acceptors (Lipinski definition) is 4. The lowest BCUT2D eigenvalue weighted by Gasteiger charge is -2.34. The van der Waals surface area contributed by atoms with Crippen molar-refractivity contribution in [3.63, 3.8) is 0 Å². The van der Waals surface area contributed by atoms with Crippen molar-refractivity contribution in [3.8, 4) is 5.75 Å². The van der Waals surface area contributed by atoms with Gasteiger partial charge in [0.05, 0.1) is 10.9 Å². The summed E-state index contributed by atoms with van der Waals surface area (Å²) in [5.74, 6) is 0.789. The van der Waals surface area contributed by atoms with Crippen molar-refractivity contribution in [2.75, 3.05) is 6.73 Å². The zero-order valence-electron chi connectivity index (χ0n) is 15.0. The van der Waals surface area contributed by atoms with Crippen LogP contribution in [0.1, 0.15) is 24.1 Å². The van der Waals surface area contributed by atoms with Gasteiger partial charge in [-0.3, -0.25) is 4.90 Å². The maximum atomic E-state index is 12.5. The highest BCUT2D eigenvalue weighted by Crippen LogP contribution is 2.36. The lowest BCUT2D eigenvalue weighted by molar-refractivity contribution is 0.0620. The minimum absolute atomic E-state index is 0.196. The molecular formula is C23H19NO3. The number of benzene rings is 3. The molecule has 1 aliphatic rings. The van der Waals surface area contributed by atoms with Crippen LogP contribution in [0.2, 0.25) is 0 Å². The summed E-state index contributed by atoms with van der Waals surface area (Å²) in [5.41, 5.74) is 2.49. The van der Waals surface area contributed by atoms with Crippen LogP contribution in [-0.2, 0) is 6.54 Å². The summed E-state index contributed by atoms with van der Waals surface area (Å²) in [6.07, 6.45) is 0. The lowest BCUT2D eigenvalue weighted by atomic mass is 10.0. The molecule has 0 saturated heterocycles. The monoisotopic (exact) mass is 357 g/mol. The largest absolute Gasteiger partial charge is 0.478 e. The molecule has 134 valence electrons. The maximum Gasteiger partial charge on any atom is 0.344 e. The first-order valence-electron chi connectivity index (χ1n) is 9.11. The molecule has 0 radical (unpaired) electrons. The van der Waals surface area contributed by atoms with E-state index >= 15 is 0 Å². The fraction of sp³-hybridized carbons (Fsp3) is 0.174. The van der Waals surface area contributed by atoms with Crippen molar-refractivity contribution < 1.29 is 9.15 Å². The number of nitrogens with zero attached hydrogens (tertiary/aromatic N) is 1. The van der Waals surface area contributed by atoms with Gasteiger partial charge in [-0.2, -0.15) is 0 Å². The zero-order valence-corrected chi connectivity index (χ0v) is 15.0. The molecule has 0 saturated carbocycles. The summed E-state index contributed by atoms with van der Waals surface area (Å²) in [7, 11) is 0. The van der Waals surface area contributed by atoms with Crippen LogP contribution in [-0.4, -0.2) is 11.6 Å². The van der Waals surface area contributed by atoms with Crippen molar-refractivity contribution in [1.82, 2.24) is 4.90 Å². The Morgan fingerprint density at radius 1 is 0.889 bits per heavy atom. The summed E-state index contributed by atoms with van der Waals surface area (Å²) in [4.78, 5) is 14.7. The predicted molar refractivity (Wildman–Crippen MR) is 106 cm³/mol. The van der Waals surface area contributed by atoms with Crippen LogP contribution in [0.5, 0.6) is 5.75 Å². The Hall–Kier alpha value is -3.11. The van der Waals surface area contributed by atoms with Crippen LogP contribution in [0.25, 0.3) is 21.7 Å². The molecule has 4 heteroatoms. The predicted octanol–water partition coefficient (Wildman–Crippen LogP) is 4.86. The van der Waals surface area contributed by atoms with Crippen molar-refractivity contribution >= 4 is 21.7 Å². The highest BCUT2D eigenvalue weighted by molar-refractivity contribution is 6.05. The average Bonchev–Trinajstić information content (AvgIpc) is 2.73. The van der Waals surface area contributed by atoms with Crippen LogP contribution in [0, 0.1) is 0 Å². The lowest BCUT2D eigenvalue weighted by Crippen LogP contribution is -2.34. The molecule has 27 heavy (non-hydrogen) atoms. The minimum Gasteiger partial charge on any atom is -0.478 e. The summed E-state index contributed by atoms with van der Waals surface area (Å²) in [6, 6.07) is 22.1. The van der Waals surface area contributed by atoms with Crippen LogP contribution in [0.3, 0.4) is 0 Å². The third-order valence-corrected chi connectivity index (χ3v) is 5.43. The highest BCUT2D eigenvalue weighted by atomic mass is 16.5. The van der Waals surface area contributed by atoms with Gasteiger partial charge in [0, 0.05) is 18.0 Å². The summed E-state index contributed by atoms with van der Waals surface area (Å²) in [5, 5.41) is 2.47. The third kappa shape index (κ3) is 2.61. The quantitative estimate of drug-likeness (QED) is 0.380. The minimum atomic E-state index is -0.306. The molecule has 1 aliphatic heterocycles. The SMILES string of the molecule is C[C@@H](c1ccccc1)N1COc2ccc3c(oc(=O)c4ccccc43)c2C1. The van der Waals surface area contributed by atoms with Gasteiger partial charge in [0.1, 0.15) is 18.1 Å². The molecule has 3 aromatic carbocycles. The smallest absolute Gasteiger partial charge is 0.344 e. The van der Waals surface area contributed by atoms with Crippen molar-refractivity contribution in [3.05, 3.63) is 88.3 Å². The molecule has 0 bridgehead atoms. The van der Waals surface area contributed by atoms with Crippen LogP contribution >= 0.6 is 0 Å². The van der Waals surface area contributed by atoms with E-state index in [9.17, 15) is 4.79 Å². The Bertz CT molecular complexity index is 1200. The van der Waals surface area contributed by atoms with Crippen LogP contribution in [0.15, 0.2) is 75.9 Å². The van der Waals surface area contributed by atoms with Gasteiger partial charge < -0.3 is 9.15 Å². The second-order valence-corrected chi connectivity index (χ2v) is 6.96. The van der Waals surface area contributed by atoms with Gasteiger partial charge >= 0.3 is 5.63 Å². The molecule has 4 nitrogen and oxygen atoms in total. The molecule has 4 aromatic rings. The normalized spacial score (nSPS) is 15.4. The van der Waals surface area contributed by atoms with E-state index in [-0.39, 0.29) is 11.7 Å². The zero-order chi connectivity index (χ0) is 18.4. The molecule has 2 heterocycles. The maximum absolute atomic E-state index is 12.5. The molecule has 0 aliphatic carbocycles. The van der Waals surface area contributed by atoms with Crippen molar-refractivity contribution in [2.45, 2.75) is 19.5 Å². The fourth-order valence-corrected chi connectivity index (χ4v) is 3.86. The number of ether oxygens (including phenoxy) is 1. The standard InChI is InChI=1S/C23H19NO3/c1-15(16-7-3-2-4-8-16)24-13-20-21(26-14-24)12-11-18-17-9-5-6-10-19(17)23(25)27-22(18)20/h2-12,15H,13-14H2,1H3/t15-/m0/s1. The van der Waals surface area contributed by atoms with E-state index < -0.39 is 0 Å². The first-order valence-corrected chi connectivity index (χ1v) is 9.11. The number of hydrogen-bond donors (Lipinski definition) is 0. The second-order valence-electron chi connectivity index (χ2n) is 6.96. The molecule has 1 atom stereocenters. The Morgan fingerprint density at radius 2 is 1.63 bits per heavy atom. The van der Waals surface area contributed by atoms with Crippen LogP contribution < -0.4 is 10.4 Å². The summed E-state index contributed by atoms with van der Waals surface area (Å²) < 4.78 is 11.7. The molecule has 0 amide bonds. The van der Waals surface area contributed by atoms with E-state index in [1.54, 1.807) is 6.07 Å². The number of rotatable bonds is 2. The average molecular weight is 357 g/mol. The Morgan fingerprint density at radius 3 is 2.44 bits per heavy atom. The van der Waals surface area contributed by atoms with Gasteiger partial charge in [-0.1, -0.05) is 48.5 Å². The van der Waals surface area contributed by atoms with Gasteiger partial charge in [-0.05, 0) is 36.1 Å². The molecule has 1 aromatic heterocycles. The summed E-state index contributed by atoms with van der Waals surface area (Å²) >= 11 is 0. The first-order chi connectivity index (χ1) is 13.2. The Balaban J connectivity index is 1.64. The topological polar surface area (TPSA) is 42.7 Å². The third-order valence-electron chi connectivity index (χ3n) is 5.43. The Labute approximate surface area is 156 Å². The van der Waals surface area contributed by atoms with Crippen molar-refractivity contribution in [1.29, 1.82) is 0 Å². The van der Waals surface area contributed by atoms with E-state index in [0.29, 0.717) is 24.2 Å². The molecule has 0 N–H and O–H groups in total. The van der Waals surface area contributed by atoms with E-state index in [0.717, 1.165) is 22.1 Å². The van der Waals surface area contributed by atoms with Gasteiger partial charge in [-0.15, -0.1) is 0 Å². The van der Waals surface area contributed by atoms with E-state index in [1.807, 2.05) is 48.5 Å². The van der Waals surface area contributed by atoms with Crippen molar-refractivity contribution in [2.24, 2.45) is 0 Å². The van der Waals surface area contributed by atoms with Gasteiger partial charge in [0.25, 0.3) is 0 Å². The van der Waals surface area contributed by atoms with Gasteiger partial charge in [0.15, 0.2) is 0 Å². The number of fused-ring (bicyclic) bond motifs is 5. The Kier molecular flexibility index (Phi) is 3.73. The molecule has 0 spiro atoms. The first kappa shape index (κ1) is 16.1. The van der Waals surface area contributed by atoms with E-state index in [1.165, 1.54) is 5.56 Å². The van der Waals surface area contributed by atoms with Gasteiger partial charge in [-0.25, -0.2) is 4.79 Å².